The Labute approximate surface area is 120 Å². The summed E-state index contributed by atoms with van der Waals surface area (Å²) in [5.41, 5.74) is 4.85. The summed E-state index contributed by atoms with van der Waals surface area (Å²) >= 11 is 9.54. The fourth-order valence-corrected chi connectivity index (χ4v) is 2.63. The molecule has 0 amide bonds. The van der Waals surface area contributed by atoms with Crippen molar-refractivity contribution in [2.75, 3.05) is 0 Å². The minimum Gasteiger partial charge on any atom is -0.382 e. The number of aromatic nitrogens is 1. The molecule has 0 aliphatic rings. The molecule has 1 aromatic carbocycles. The van der Waals surface area contributed by atoms with Gasteiger partial charge in [-0.05, 0) is 50.1 Å². The van der Waals surface area contributed by atoms with E-state index in [0.717, 1.165) is 21.4 Å². The normalized spacial score (nSPS) is 12.8. The van der Waals surface area contributed by atoms with Gasteiger partial charge in [-0.2, -0.15) is 0 Å². The summed E-state index contributed by atoms with van der Waals surface area (Å²) in [5, 5.41) is 11.0. The molecule has 0 saturated heterocycles. The van der Waals surface area contributed by atoms with Crippen molar-refractivity contribution in [1.82, 2.24) is 4.98 Å². The first kappa shape index (κ1) is 13.7. The van der Waals surface area contributed by atoms with E-state index in [-0.39, 0.29) is 0 Å². The van der Waals surface area contributed by atoms with E-state index in [0.29, 0.717) is 10.6 Å². The third-order valence-corrected chi connectivity index (χ3v) is 4.21. The van der Waals surface area contributed by atoms with E-state index in [1.54, 1.807) is 6.07 Å². The number of rotatable bonds is 2. The molecule has 0 radical (unpaired) electrons. The smallest absolute Gasteiger partial charge is 0.120 e. The van der Waals surface area contributed by atoms with Crippen LogP contribution < -0.4 is 0 Å². The molecule has 2 nitrogen and oxygen atoms in total. The predicted molar refractivity (Wildman–Crippen MR) is 78.2 cm³/mol. The van der Waals surface area contributed by atoms with Gasteiger partial charge in [-0.1, -0.05) is 27.5 Å². The first-order valence-electron chi connectivity index (χ1n) is 5.70. The van der Waals surface area contributed by atoms with Crippen molar-refractivity contribution in [3.8, 4) is 0 Å². The van der Waals surface area contributed by atoms with Gasteiger partial charge in [-0.3, -0.25) is 0 Å². The molecule has 96 valence electrons. The topological polar surface area (TPSA) is 36.0 Å². The second-order valence-corrected chi connectivity index (χ2v) is 5.80. The van der Waals surface area contributed by atoms with Crippen molar-refractivity contribution in [2.24, 2.45) is 0 Å². The monoisotopic (exact) mass is 327 g/mol. The molecule has 4 heteroatoms. The molecule has 2 rings (SSSR count). The van der Waals surface area contributed by atoms with Crippen LogP contribution in [0.2, 0.25) is 5.02 Å². The molecule has 2 N–H and O–H groups in total. The fourth-order valence-electron chi connectivity index (χ4n) is 2.03. The summed E-state index contributed by atoms with van der Waals surface area (Å²) in [7, 11) is 0. The Hall–Kier alpha value is -0.770. The van der Waals surface area contributed by atoms with Crippen molar-refractivity contribution in [3.63, 3.8) is 0 Å². The van der Waals surface area contributed by atoms with Crippen LogP contribution in [0.4, 0.5) is 0 Å². The lowest BCUT2D eigenvalue weighted by Gasteiger charge is -2.13. The van der Waals surface area contributed by atoms with Crippen LogP contribution in [0.15, 0.2) is 22.7 Å². The van der Waals surface area contributed by atoms with Gasteiger partial charge >= 0.3 is 0 Å². The predicted octanol–water partition coefficient (Wildman–Crippen LogP) is 4.44. The quantitative estimate of drug-likeness (QED) is 0.840. The minimum atomic E-state index is -0.734. The van der Waals surface area contributed by atoms with Gasteiger partial charge in [0.05, 0.1) is 5.69 Å². The Kier molecular flexibility index (Phi) is 3.85. The number of aromatic amines is 1. The zero-order valence-corrected chi connectivity index (χ0v) is 12.9. The third kappa shape index (κ3) is 2.35. The van der Waals surface area contributed by atoms with E-state index < -0.39 is 6.10 Å². The SMILES string of the molecule is Cc1[nH]c(C(O)c2cc(Br)ccc2Cl)c(C)c1C. The van der Waals surface area contributed by atoms with Crippen molar-refractivity contribution >= 4 is 27.5 Å². The third-order valence-electron chi connectivity index (χ3n) is 3.38. The Morgan fingerprint density at radius 1 is 1.22 bits per heavy atom. The fraction of sp³-hybridized carbons (Fsp3) is 0.286. The second kappa shape index (κ2) is 5.08. The molecular formula is C14H15BrClNO. The van der Waals surface area contributed by atoms with Crippen molar-refractivity contribution in [3.05, 3.63) is 55.8 Å². The Bertz CT molecular complexity index is 592. The van der Waals surface area contributed by atoms with Crippen LogP contribution in [-0.4, -0.2) is 10.1 Å². The lowest BCUT2D eigenvalue weighted by molar-refractivity contribution is 0.215. The molecular weight excluding hydrogens is 314 g/mol. The summed E-state index contributed by atoms with van der Waals surface area (Å²) < 4.78 is 0.901. The Morgan fingerprint density at radius 2 is 1.89 bits per heavy atom. The highest BCUT2D eigenvalue weighted by Gasteiger charge is 2.19. The number of halogens is 2. The van der Waals surface area contributed by atoms with E-state index in [9.17, 15) is 5.11 Å². The zero-order valence-electron chi connectivity index (χ0n) is 10.5. The van der Waals surface area contributed by atoms with Gasteiger partial charge in [-0.15, -0.1) is 0 Å². The van der Waals surface area contributed by atoms with Crippen LogP contribution in [0.5, 0.6) is 0 Å². The van der Waals surface area contributed by atoms with Gasteiger partial charge in [-0.25, -0.2) is 0 Å². The largest absolute Gasteiger partial charge is 0.382 e. The molecule has 1 aromatic heterocycles. The van der Waals surface area contributed by atoms with Gasteiger partial charge in [0.1, 0.15) is 6.10 Å². The molecule has 0 aliphatic carbocycles. The van der Waals surface area contributed by atoms with Crippen LogP contribution in [0.3, 0.4) is 0 Å². The van der Waals surface area contributed by atoms with Gasteiger partial charge in [0.25, 0.3) is 0 Å². The molecule has 2 aromatic rings. The maximum absolute atomic E-state index is 10.5. The average molecular weight is 329 g/mol. The molecule has 1 unspecified atom stereocenters. The number of aryl methyl sites for hydroxylation is 1. The number of benzene rings is 1. The minimum absolute atomic E-state index is 0.565. The summed E-state index contributed by atoms with van der Waals surface area (Å²) in [6.45, 7) is 6.05. The van der Waals surface area contributed by atoms with E-state index in [4.69, 9.17) is 11.6 Å². The highest BCUT2D eigenvalue weighted by molar-refractivity contribution is 9.10. The Morgan fingerprint density at radius 3 is 2.44 bits per heavy atom. The number of nitrogens with one attached hydrogen (secondary N) is 1. The van der Waals surface area contributed by atoms with Gasteiger partial charge < -0.3 is 10.1 Å². The molecule has 0 aliphatic heterocycles. The van der Waals surface area contributed by atoms with Crippen molar-refractivity contribution in [1.29, 1.82) is 0 Å². The lowest BCUT2D eigenvalue weighted by atomic mass is 10.0. The van der Waals surface area contributed by atoms with Crippen molar-refractivity contribution in [2.45, 2.75) is 26.9 Å². The van der Waals surface area contributed by atoms with Crippen LogP contribution in [0.1, 0.15) is 34.2 Å². The second-order valence-electron chi connectivity index (χ2n) is 4.48. The molecule has 1 heterocycles. The number of hydrogen-bond donors (Lipinski definition) is 2. The Balaban J connectivity index is 2.50. The first-order valence-corrected chi connectivity index (χ1v) is 6.87. The number of aliphatic hydroxyl groups is 1. The lowest BCUT2D eigenvalue weighted by Crippen LogP contribution is -2.03. The number of H-pyrrole nitrogens is 1. The summed E-state index contributed by atoms with van der Waals surface area (Å²) in [6, 6.07) is 5.48. The number of hydrogen-bond acceptors (Lipinski definition) is 1. The van der Waals surface area contributed by atoms with E-state index >= 15 is 0 Å². The van der Waals surface area contributed by atoms with Crippen LogP contribution in [0.25, 0.3) is 0 Å². The zero-order chi connectivity index (χ0) is 13.4. The van der Waals surface area contributed by atoms with Crippen LogP contribution in [0, 0.1) is 20.8 Å². The first-order chi connectivity index (χ1) is 8.41. The van der Waals surface area contributed by atoms with Crippen LogP contribution in [-0.2, 0) is 0 Å². The molecule has 0 spiro atoms. The molecule has 0 saturated carbocycles. The molecule has 0 fully saturated rings. The average Bonchev–Trinajstić information content (AvgIpc) is 2.59. The molecule has 1 atom stereocenters. The number of aliphatic hydroxyl groups excluding tert-OH is 1. The maximum atomic E-state index is 10.5. The van der Waals surface area contributed by atoms with Crippen molar-refractivity contribution < 1.29 is 5.11 Å². The summed E-state index contributed by atoms with van der Waals surface area (Å²) in [6.07, 6.45) is -0.734. The van der Waals surface area contributed by atoms with E-state index in [1.807, 2.05) is 32.9 Å². The van der Waals surface area contributed by atoms with Gasteiger partial charge in [0.2, 0.25) is 0 Å². The molecule has 18 heavy (non-hydrogen) atoms. The van der Waals surface area contributed by atoms with Gasteiger partial charge in [0, 0.05) is 20.8 Å². The van der Waals surface area contributed by atoms with Gasteiger partial charge in [0.15, 0.2) is 0 Å². The summed E-state index contributed by atoms with van der Waals surface area (Å²) in [4.78, 5) is 3.23. The highest BCUT2D eigenvalue weighted by Crippen LogP contribution is 2.33. The molecule has 0 bridgehead atoms. The highest BCUT2D eigenvalue weighted by atomic mass is 79.9. The maximum Gasteiger partial charge on any atom is 0.120 e. The van der Waals surface area contributed by atoms with Crippen LogP contribution >= 0.6 is 27.5 Å². The standard InChI is InChI=1S/C14H15BrClNO/c1-7-8(2)13(17-9(7)3)14(18)11-6-10(15)4-5-12(11)16/h4-6,14,17-18H,1-3H3. The van der Waals surface area contributed by atoms with E-state index in [1.165, 1.54) is 5.56 Å². The van der Waals surface area contributed by atoms with E-state index in [2.05, 4.69) is 20.9 Å². The summed E-state index contributed by atoms with van der Waals surface area (Å²) in [5.74, 6) is 0.